The van der Waals surface area contributed by atoms with Crippen LogP contribution in [0.1, 0.15) is 30.0 Å². The average Bonchev–Trinajstić information content (AvgIpc) is 2.68. The summed E-state index contributed by atoms with van der Waals surface area (Å²) in [6.07, 6.45) is 2.52. The lowest BCUT2D eigenvalue weighted by molar-refractivity contribution is -0.139. The van der Waals surface area contributed by atoms with Gasteiger partial charge >= 0.3 is 5.97 Å². The highest BCUT2D eigenvalue weighted by molar-refractivity contribution is 7.98. The van der Waals surface area contributed by atoms with Crippen LogP contribution in [0.15, 0.2) is 36.4 Å². The molecule has 0 aliphatic rings. The van der Waals surface area contributed by atoms with Crippen LogP contribution < -0.4 is 14.8 Å². The standard InChI is InChI=1S/C22H28ClNO4S/c1-4-27-20-12-17(13-24-19(22(25)26)9-10-29-3)11-18(23)21(20)28-14-16-7-5-15(2)6-8-16/h5-8,11-12,19,24H,4,9-10,13-14H2,1-3H3,(H,25,26). The third-order valence-electron chi connectivity index (χ3n) is 4.33. The van der Waals surface area contributed by atoms with Crippen LogP contribution in [0.2, 0.25) is 5.02 Å². The van der Waals surface area contributed by atoms with Gasteiger partial charge in [-0.1, -0.05) is 41.4 Å². The summed E-state index contributed by atoms with van der Waals surface area (Å²) < 4.78 is 11.7. The van der Waals surface area contributed by atoms with E-state index in [0.717, 1.165) is 16.9 Å². The number of aliphatic carboxylic acids is 1. The van der Waals surface area contributed by atoms with Crippen LogP contribution >= 0.6 is 23.4 Å². The zero-order valence-corrected chi connectivity index (χ0v) is 18.6. The lowest BCUT2D eigenvalue weighted by atomic mass is 10.1. The Morgan fingerprint density at radius 1 is 1.21 bits per heavy atom. The molecule has 0 bridgehead atoms. The Bertz CT molecular complexity index is 798. The Balaban J connectivity index is 2.11. The molecule has 1 atom stereocenters. The zero-order valence-electron chi connectivity index (χ0n) is 17.0. The second-order valence-electron chi connectivity index (χ2n) is 6.67. The molecule has 0 saturated heterocycles. The van der Waals surface area contributed by atoms with Crippen LogP contribution in [0.5, 0.6) is 11.5 Å². The molecule has 0 aliphatic carbocycles. The smallest absolute Gasteiger partial charge is 0.320 e. The number of carboxylic acid groups (broad SMARTS) is 1. The minimum Gasteiger partial charge on any atom is -0.490 e. The summed E-state index contributed by atoms with van der Waals surface area (Å²) in [7, 11) is 0. The highest BCUT2D eigenvalue weighted by atomic mass is 35.5. The molecule has 2 aromatic carbocycles. The summed E-state index contributed by atoms with van der Waals surface area (Å²) in [6.45, 7) is 5.17. The van der Waals surface area contributed by atoms with Gasteiger partial charge in [-0.05, 0) is 55.5 Å². The molecule has 2 N–H and O–H groups in total. The molecule has 0 radical (unpaired) electrons. The summed E-state index contributed by atoms with van der Waals surface area (Å²) in [5, 5.41) is 12.9. The number of ether oxygens (including phenoxy) is 2. The molecule has 0 aromatic heterocycles. The Hall–Kier alpha value is -1.89. The second kappa shape index (κ2) is 12.0. The van der Waals surface area contributed by atoms with Gasteiger partial charge in [0.25, 0.3) is 0 Å². The number of carbonyl (C=O) groups is 1. The van der Waals surface area contributed by atoms with Gasteiger partial charge in [-0.25, -0.2) is 0 Å². The number of nitrogens with one attached hydrogen (secondary N) is 1. The summed E-state index contributed by atoms with van der Waals surface area (Å²) in [5.74, 6) is 0.976. The molecule has 0 aliphatic heterocycles. The molecule has 7 heteroatoms. The zero-order chi connectivity index (χ0) is 21.2. The summed E-state index contributed by atoms with van der Waals surface area (Å²) in [6, 6.07) is 11.1. The van der Waals surface area contributed by atoms with Gasteiger partial charge in [0.1, 0.15) is 12.6 Å². The van der Waals surface area contributed by atoms with Crippen LogP contribution in [0.3, 0.4) is 0 Å². The molecule has 29 heavy (non-hydrogen) atoms. The number of thioether (sulfide) groups is 1. The molecule has 1 unspecified atom stereocenters. The average molecular weight is 438 g/mol. The van der Waals surface area contributed by atoms with Gasteiger partial charge in [0.15, 0.2) is 11.5 Å². The van der Waals surface area contributed by atoms with Crippen LogP contribution in [0.25, 0.3) is 0 Å². The highest BCUT2D eigenvalue weighted by Gasteiger charge is 2.18. The fraction of sp³-hybridized carbons (Fsp3) is 0.409. The third kappa shape index (κ3) is 7.46. The van der Waals surface area contributed by atoms with E-state index in [1.807, 2.05) is 50.4 Å². The van der Waals surface area contributed by atoms with Crippen LogP contribution in [-0.4, -0.2) is 35.7 Å². The maximum absolute atomic E-state index is 11.4. The Morgan fingerprint density at radius 3 is 2.55 bits per heavy atom. The molecule has 0 spiro atoms. The number of aryl methyl sites for hydroxylation is 1. The molecular formula is C22H28ClNO4S. The van der Waals surface area contributed by atoms with E-state index in [1.165, 1.54) is 5.56 Å². The largest absolute Gasteiger partial charge is 0.490 e. The van der Waals surface area contributed by atoms with E-state index in [4.69, 9.17) is 21.1 Å². The van der Waals surface area contributed by atoms with Crippen molar-refractivity contribution in [2.75, 3.05) is 18.6 Å². The van der Waals surface area contributed by atoms with Crippen molar-refractivity contribution in [2.45, 2.75) is 39.5 Å². The Kier molecular flexibility index (Phi) is 9.64. The predicted molar refractivity (Wildman–Crippen MR) is 119 cm³/mol. The maximum Gasteiger partial charge on any atom is 0.320 e. The SMILES string of the molecule is CCOc1cc(CNC(CCSC)C(=O)O)cc(Cl)c1OCc1ccc(C)cc1. The minimum absolute atomic E-state index is 0.378. The number of benzene rings is 2. The van der Waals surface area contributed by atoms with E-state index in [9.17, 15) is 9.90 Å². The monoisotopic (exact) mass is 437 g/mol. The van der Waals surface area contributed by atoms with Crippen molar-refractivity contribution in [1.29, 1.82) is 0 Å². The number of hydrogen-bond donors (Lipinski definition) is 2. The van der Waals surface area contributed by atoms with E-state index >= 15 is 0 Å². The molecule has 0 amide bonds. The number of hydrogen-bond acceptors (Lipinski definition) is 5. The quantitative estimate of drug-likeness (QED) is 0.491. The van der Waals surface area contributed by atoms with Gasteiger partial charge in [-0.15, -0.1) is 0 Å². The number of carboxylic acids is 1. The molecule has 0 fully saturated rings. The minimum atomic E-state index is -0.853. The van der Waals surface area contributed by atoms with Crippen molar-refractivity contribution in [3.63, 3.8) is 0 Å². The molecule has 2 rings (SSSR count). The molecule has 0 saturated carbocycles. The van der Waals surface area contributed by atoms with E-state index in [-0.39, 0.29) is 0 Å². The first-order valence-corrected chi connectivity index (χ1v) is 11.3. The summed E-state index contributed by atoms with van der Waals surface area (Å²) in [4.78, 5) is 11.4. The topological polar surface area (TPSA) is 67.8 Å². The Labute approximate surface area is 181 Å². The highest BCUT2D eigenvalue weighted by Crippen LogP contribution is 2.37. The molecule has 2 aromatic rings. The van der Waals surface area contributed by atoms with Gasteiger partial charge in [0.2, 0.25) is 0 Å². The van der Waals surface area contributed by atoms with Crippen molar-refractivity contribution in [2.24, 2.45) is 0 Å². The van der Waals surface area contributed by atoms with Crippen LogP contribution in [0, 0.1) is 6.92 Å². The predicted octanol–water partition coefficient (Wildman–Crippen LogP) is 4.92. The normalized spacial score (nSPS) is 11.9. The first kappa shape index (κ1) is 23.4. The molecule has 5 nitrogen and oxygen atoms in total. The van der Waals surface area contributed by atoms with E-state index in [0.29, 0.717) is 42.7 Å². The van der Waals surface area contributed by atoms with Gasteiger partial charge < -0.3 is 19.9 Å². The molecular weight excluding hydrogens is 410 g/mol. The Morgan fingerprint density at radius 2 is 1.93 bits per heavy atom. The summed E-state index contributed by atoms with van der Waals surface area (Å²) in [5.41, 5.74) is 3.07. The lowest BCUT2D eigenvalue weighted by Gasteiger charge is -2.17. The van der Waals surface area contributed by atoms with E-state index in [1.54, 1.807) is 17.8 Å². The lowest BCUT2D eigenvalue weighted by Crippen LogP contribution is -2.36. The first-order valence-electron chi connectivity index (χ1n) is 9.53. The van der Waals surface area contributed by atoms with Crippen molar-refractivity contribution >= 4 is 29.3 Å². The van der Waals surface area contributed by atoms with Crippen molar-refractivity contribution in [3.8, 4) is 11.5 Å². The molecule has 0 heterocycles. The fourth-order valence-corrected chi connectivity index (χ4v) is 3.52. The van der Waals surface area contributed by atoms with Crippen molar-refractivity contribution in [3.05, 3.63) is 58.1 Å². The van der Waals surface area contributed by atoms with Gasteiger partial charge in [-0.3, -0.25) is 4.79 Å². The number of rotatable bonds is 12. The van der Waals surface area contributed by atoms with Gasteiger partial charge in [-0.2, -0.15) is 11.8 Å². The number of halogens is 1. The van der Waals surface area contributed by atoms with Gasteiger partial charge in [0, 0.05) is 6.54 Å². The molecule has 158 valence electrons. The van der Waals surface area contributed by atoms with Crippen molar-refractivity contribution < 1.29 is 19.4 Å². The van der Waals surface area contributed by atoms with E-state index < -0.39 is 12.0 Å². The third-order valence-corrected chi connectivity index (χ3v) is 5.26. The maximum atomic E-state index is 11.4. The van der Waals surface area contributed by atoms with Crippen LogP contribution in [-0.2, 0) is 17.9 Å². The summed E-state index contributed by atoms with van der Waals surface area (Å²) >= 11 is 8.10. The van der Waals surface area contributed by atoms with Gasteiger partial charge in [0.05, 0.1) is 11.6 Å². The van der Waals surface area contributed by atoms with Crippen LogP contribution in [0.4, 0.5) is 0 Å². The van der Waals surface area contributed by atoms with E-state index in [2.05, 4.69) is 5.32 Å². The van der Waals surface area contributed by atoms with Crippen molar-refractivity contribution in [1.82, 2.24) is 5.32 Å². The first-order chi connectivity index (χ1) is 13.9. The second-order valence-corrected chi connectivity index (χ2v) is 8.06. The fourth-order valence-electron chi connectivity index (χ4n) is 2.76.